The number of hydrogen-bond acceptors (Lipinski definition) is 3. The molecule has 0 saturated heterocycles. The average Bonchev–Trinajstić information content (AvgIpc) is 2.52. The number of carboxylic acid groups (broad SMARTS) is 1. The summed E-state index contributed by atoms with van der Waals surface area (Å²) >= 11 is 0. The number of nitrogens with two attached hydrogens (primary N) is 1. The predicted molar refractivity (Wildman–Crippen MR) is 90.5 cm³/mol. The lowest BCUT2D eigenvalue weighted by Gasteiger charge is -2.17. The molecule has 0 heterocycles. The van der Waals surface area contributed by atoms with Crippen molar-refractivity contribution < 1.29 is 14.6 Å². The highest BCUT2D eigenvalue weighted by Crippen LogP contribution is 2.29. The summed E-state index contributed by atoms with van der Waals surface area (Å²) in [6, 6.07) is 13.7. The molecule has 4 nitrogen and oxygen atoms in total. The quantitative estimate of drug-likeness (QED) is 0.816. The van der Waals surface area contributed by atoms with E-state index in [1.54, 1.807) is 0 Å². The lowest BCUT2D eigenvalue weighted by molar-refractivity contribution is -0.137. The zero-order valence-electron chi connectivity index (χ0n) is 13.6. The Morgan fingerprint density at radius 2 is 1.78 bits per heavy atom. The van der Waals surface area contributed by atoms with Crippen LogP contribution in [0.25, 0.3) is 0 Å². The molecule has 2 aromatic rings. The van der Waals surface area contributed by atoms with Gasteiger partial charge in [-0.2, -0.15) is 0 Å². The molecule has 0 aliphatic rings. The lowest BCUT2D eigenvalue weighted by Crippen LogP contribution is -2.13. The lowest BCUT2D eigenvalue weighted by atomic mass is 9.98. The number of carbonyl (C=O) groups is 1. The minimum atomic E-state index is -0.822. The molecule has 0 aliphatic heterocycles. The van der Waals surface area contributed by atoms with Crippen molar-refractivity contribution in [1.29, 1.82) is 0 Å². The van der Waals surface area contributed by atoms with Crippen LogP contribution in [0.1, 0.15) is 41.1 Å². The second-order valence-electron chi connectivity index (χ2n) is 5.80. The van der Waals surface area contributed by atoms with Gasteiger partial charge in [0.25, 0.3) is 0 Å². The molecule has 0 aromatic heterocycles. The highest BCUT2D eigenvalue weighted by atomic mass is 16.5. The Morgan fingerprint density at radius 1 is 1.17 bits per heavy atom. The van der Waals surface area contributed by atoms with Gasteiger partial charge in [0.2, 0.25) is 0 Å². The molecule has 1 unspecified atom stereocenters. The Kier molecular flexibility index (Phi) is 5.77. The van der Waals surface area contributed by atoms with E-state index in [1.807, 2.05) is 56.3 Å². The third-order valence-electron chi connectivity index (χ3n) is 3.81. The van der Waals surface area contributed by atoms with Crippen LogP contribution >= 0.6 is 0 Å². The van der Waals surface area contributed by atoms with Gasteiger partial charge in [0.15, 0.2) is 0 Å². The van der Waals surface area contributed by atoms with E-state index in [-0.39, 0.29) is 12.5 Å². The molecule has 23 heavy (non-hydrogen) atoms. The average molecular weight is 313 g/mol. The highest BCUT2D eigenvalue weighted by Gasteiger charge is 2.13. The molecule has 0 radical (unpaired) electrons. The van der Waals surface area contributed by atoms with E-state index < -0.39 is 5.97 Å². The SMILES string of the molecule is Cc1cc(C(N)CCC(=O)O)cc(C)c1OCc1ccccc1. The largest absolute Gasteiger partial charge is 0.488 e. The smallest absolute Gasteiger partial charge is 0.303 e. The molecule has 0 fully saturated rings. The first-order chi connectivity index (χ1) is 11.0. The Hall–Kier alpha value is -2.33. The standard InChI is InChI=1S/C19H23NO3/c1-13-10-16(17(20)8-9-18(21)22)11-14(2)19(13)23-12-15-6-4-3-5-7-15/h3-7,10-11,17H,8-9,12,20H2,1-2H3,(H,21,22). The van der Waals surface area contributed by atoms with E-state index in [1.165, 1.54) is 0 Å². The summed E-state index contributed by atoms with van der Waals surface area (Å²) in [6.07, 6.45) is 0.504. The molecular weight excluding hydrogens is 290 g/mol. The molecule has 0 aliphatic carbocycles. The Labute approximate surface area is 136 Å². The topological polar surface area (TPSA) is 72.6 Å². The monoisotopic (exact) mass is 313 g/mol. The van der Waals surface area contributed by atoms with E-state index >= 15 is 0 Å². The Balaban J connectivity index is 2.09. The van der Waals surface area contributed by atoms with Crippen molar-refractivity contribution >= 4 is 5.97 Å². The second-order valence-corrected chi connectivity index (χ2v) is 5.80. The highest BCUT2D eigenvalue weighted by molar-refractivity contribution is 5.66. The zero-order valence-corrected chi connectivity index (χ0v) is 13.6. The molecule has 3 N–H and O–H groups in total. The van der Waals surface area contributed by atoms with Crippen LogP contribution in [0.4, 0.5) is 0 Å². The minimum absolute atomic E-state index is 0.0749. The van der Waals surface area contributed by atoms with Crippen molar-refractivity contribution in [3.63, 3.8) is 0 Å². The third kappa shape index (κ3) is 4.83. The fourth-order valence-corrected chi connectivity index (χ4v) is 2.60. The van der Waals surface area contributed by atoms with Crippen molar-refractivity contribution in [2.24, 2.45) is 5.73 Å². The number of carboxylic acids is 1. The first kappa shape index (κ1) is 17.0. The Morgan fingerprint density at radius 3 is 2.35 bits per heavy atom. The van der Waals surface area contributed by atoms with Gasteiger partial charge in [-0.05, 0) is 42.5 Å². The third-order valence-corrected chi connectivity index (χ3v) is 3.81. The molecule has 2 rings (SSSR count). The maximum atomic E-state index is 10.7. The molecule has 0 amide bonds. The molecule has 4 heteroatoms. The van der Waals surface area contributed by atoms with Gasteiger partial charge < -0.3 is 15.6 Å². The summed E-state index contributed by atoms with van der Waals surface area (Å²) in [7, 11) is 0. The van der Waals surface area contributed by atoms with E-state index in [9.17, 15) is 4.79 Å². The van der Waals surface area contributed by atoms with E-state index in [0.29, 0.717) is 13.0 Å². The van der Waals surface area contributed by atoms with Crippen molar-refractivity contribution in [2.45, 2.75) is 39.3 Å². The van der Waals surface area contributed by atoms with Crippen molar-refractivity contribution in [3.8, 4) is 5.75 Å². The molecule has 0 bridgehead atoms. The van der Waals surface area contributed by atoms with Crippen LogP contribution in [0.15, 0.2) is 42.5 Å². The number of aliphatic carboxylic acids is 1. The molecule has 0 saturated carbocycles. The molecule has 2 aromatic carbocycles. The Bertz CT molecular complexity index is 645. The van der Waals surface area contributed by atoms with Gasteiger partial charge in [0, 0.05) is 12.5 Å². The van der Waals surface area contributed by atoms with E-state index in [0.717, 1.165) is 28.0 Å². The summed E-state index contributed by atoms with van der Waals surface area (Å²) in [6.45, 7) is 4.49. The van der Waals surface area contributed by atoms with Crippen LogP contribution in [-0.2, 0) is 11.4 Å². The van der Waals surface area contributed by atoms with Gasteiger partial charge in [-0.25, -0.2) is 0 Å². The fourth-order valence-electron chi connectivity index (χ4n) is 2.60. The van der Waals surface area contributed by atoms with Crippen LogP contribution in [0, 0.1) is 13.8 Å². The number of aryl methyl sites for hydroxylation is 2. The van der Waals surface area contributed by atoms with Gasteiger partial charge in [0.05, 0.1) is 0 Å². The maximum Gasteiger partial charge on any atom is 0.303 e. The zero-order chi connectivity index (χ0) is 16.8. The fraction of sp³-hybridized carbons (Fsp3) is 0.316. The molecule has 1 atom stereocenters. The van der Waals surface area contributed by atoms with Gasteiger partial charge in [-0.15, -0.1) is 0 Å². The summed E-state index contributed by atoms with van der Waals surface area (Å²) in [5, 5.41) is 8.77. The summed E-state index contributed by atoms with van der Waals surface area (Å²) < 4.78 is 5.95. The summed E-state index contributed by atoms with van der Waals surface area (Å²) in [4.78, 5) is 10.7. The van der Waals surface area contributed by atoms with Gasteiger partial charge in [0.1, 0.15) is 12.4 Å². The summed E-state index contributed by atoms with van der Waals surface area (Å²) in [5.41, 5.74) is 10.2. The van der Waals surface area contributed by atoms with E-state index in [2.05, 4.69) is 0 Å². The van der Waals surface area contributed by atoms with E-state index in [4.69, 9.17) is 15.6 Å². The normalized spacial score (nSPS) is 12.0. The summed E-state index contributed by atoms with van der Waals surface area (Å²) in [5.74, 6) is 0.0414. The van der Waals surface area contributed by atoms with Gasteiger partial charge >= 0.3 is 5.97 Å². The number of ether oxygens (including phenoxy) is 1. The van der Waals surface area contributed by atoms with Crippen LogP contribution in [0.2, 0.25) is 0 Å². The van der Waals surface area contributed by atoms with Crippen molar-refractivity contribution in [3.05, 3.63) is 64.7 Å². The molecule has 0 spiro atoms. The van der Waals surface area contributed by atoms with Crippen LogP contribution in [-0.4, -0.2) is 11.1 Å². The molecular formula is C19H23NO3. The second kappa shape index (κ2) is 7.79. The van der Waals surface area contributed by atoms with Crippen molar-refractivity contribution in [1.82, 2.24) is 0 Å². The first-order valence-corrected chi connectivity index (χ1v) is 7.72. The maximum absolute atomic E-state index is 10.7. The van der Waals surface area contributed by atoms with Gasteiger partial charge in [-0.1, -0.05) is 42.5 Å². The van der Waals surface area contributed by atoms with Crippen LogP contribution < -0.4 is 10.5 Å². The molecule has 122 valence electrons. The van der Waals surface area contributed by atoms with Gasteiger partial charge in [-0.3, -0.25) is 4.79 Å². The number of benzene rings is 2. The predicted octanol–water partition coefficient (Wildman–Crippen LogP) is 3.75. The number of rotatable bonds is 7. The van der Waals surface area contributed by atoms with Crippen LogP contribution in [0.5, 0.6) is 5.75 Å². The first-order valence-electron chi connectivity index (χ1n) is 7.72. The number of hydrogen-bond donors (Lipinski definition) is 2. The minimum Gasteiger partial charge on any atom is -0.488 e. The van der Waals surface area contributed by atoms with Crippen LogP contribution in [0.3, 0.4) is 0 Å². The van der Waals surface area contributed by atoms with Crippen molar-refractivity contribution in [2.75, 3.05) is 0 Å².